The summed E-state index contributed by atoms with van der Waals surface area (Å²) in [5.74, 6) is 0.607. The Balaban J connectivity index is 2.68. The van der Waals surface area contributed by atoms with Gasteiger partial charge in [0.15, 0.2) is 0 Å². The number of methoxy groups -OCH3 is 1. The molecule has 0 bridgehead atoms. The Bertz CT molecular complexity index is 1070. The van der Waals surface area contributed by atoms with Crippen molar-refractivity contribution in [2.24, 2.45) is 23.7 Å². The van der Waals surface area contributed by atoms with Gasteiger partial charge in [0.05, 0.1) is 44.5 Å². The molecule has 10 unspecified atom stereocenters. The van der Waals surface area contributed by atoms with Gasteiger partial charge in [-0.15, -0.1) is 0 Å². The first-order valence-electron chi connectivity index (χ1n) is 20.2. The second-order valence-corrected chi connectivity index (χ2v) is 15.3. The highest BCUT2D eigenvalue weighted by atomic mass is 16.6. The van der Waals surface area contributed by atoms with Crippen LogP contribution in [0, 0.1) is 23.7 Å². The summed E-state index contributed by atoms with van der Waals surface area (Å²) in [6.07, 6.45) is 15.3. The number of piperazine rings is 1. The molecule has 0 spiro atoms. The molecule has 1 heterocycles. The number of nitrogens with zero attached hydrogens (tertiary/aromatic N) is 2. The van der Waals surface area contributed by atoms with Crippen molar-refractivity contribution in [3.05, 3.63) is 36.8 Å². The van der Waals surface area contributed by atoms with Crippen molar-refractivity contribution in [3.63, 3.8) is 0 Å². The Morgan fingerprint density at radius 3 is 1.72 bits per heavy atom. The molecule has 1 aliphatic rings. The first-order valence-corrected chi connectivity index (χ1v) is 20.2. The average Bonchev–Trinajstić information content (AvgIpc) is 3.12. The summed E-state index contributed by atoms with van der Waals surface area (Å²) in [6.45, 7) is 16.8. The van der Waals surface area contributed by atoms with Gasteiger partial charge >= 0.3 is 0 Å². The van der Waals surface area contributed by atoms with Crippen LogP contribution in [0.4, 0.5) is 0 Å². The highest BCUT2D eigenvalue weighted by Gasteiger charge is 2.33. The molecular weight excluding hydrogens is 676 g/mol. The maximum absolute atomic E-state index is 13.0. The van der Waals surface area contributed by atoms with E-state index in [2.05, 4.69) is 48.5 Å². The van der Waals surface area contributed by atoms with Gasteiger partial charge in [-0.3, -0.25) is 19.4 Å². The fraction of sp³-hybridized carbons (Fsp3) is 0.805. The van der Waals surface area contributed by atoms with Gasteiger partial charge in [-0.2, -0.15) is 0 Å². The fourth-order valence-electron chi connectivity index (χ4n) is 6.49. The number of aliphatic hydroxyl groups is 4. The molecule has 12 heteroatoms. The van der Waals surface area contributed by atoms with Crippen LogP contribution >= 0.6 is 0 Å². The number of carbonyl (C=O) groups excluding carboxylic acids is 2. The molecule has 0 aliphatic carbocycles. The second-order valence-electron chi connectivity index (χ2n) is 15.3. The van der Waals surface area contributed by atoms with Gasteiger partial charge in [-0.1, -0.05) is 59.3 Å². The van der Waals surface area contributed by atoms with E-state index in [1.165, 1.54) is 6.26 Å². The summed E-state index contributed by atoms with van der Waals surface area (Å²) in [5, 5.41) is 47.9. The lowest BCUT2D eigenvalue weighted by Crippen LogP contribution is -2.61. The quantitative estimate of drug-likeness (QED) is 0.0270. The Kier molecular flexibility index (Phi) is 25.6. The molecule has 1 rings (SSSR count). The third kappa shape index (κ3) is 21.3. The number of hydrogen-bond acceptors (Lipinski definition) is 10. The zero-order valence-electron chi connectivity index (χ0n) is 34.2. The lowest BCUT2D eigenvalue weighted by atomic mass is 9.90. The predicted octanol–water partition coefficient (Wildman–Crippen LogP) is 4.34. The standard InChI is InChI=1S/C41H76N4O8/c1-9-23-53-39(49)29-44(26-33(7)46)21-14-12-16-35-40(50)43-36(41(51)42-35)17-13-15-22-45(28-38(48)32(6)20-24-52-8)27-37(47)31(5)18-19-34(11-3)25-30(4)10-2/h9,18-20,23-24,30-39,46-49H,10-17,21-22,25-29H2,1-8H3,(H,42,51)(H,43,50)/b19-18-,23-9-,24-20-. The molecule has 1 saturated heterocycles. The van der Waals surface area contributed by atoms with E-state index in [1.54, 1.807) is 33.3 Å². The van der Waals surface area contributed by atoms with E-state index >= 15 is 0 Å². The second kappa shape index (κ2) is 28.0. The van der Waals surface area contributed by atoms with Crippen molar-refractivity contribution in [1.82, 2.24) is 20.4 Å². The molecule has 0 aromatic rings. The zero-order chi connectivity index (χ0) is 39.8. The van der Waals surface area contributed by atoms with Crippen LogP contribution < -0.4 is 10.6 Å². The number of amides is 2. The van der Waals surface area contributed by atoms with E-state index in [4.69, 9.17) is 9.47 Å². The van der Waals surface area contributed by atoms with Crippen molar-refractivity contribution >= 4 is 11.8 Å². The average molecular weight is 753 g/mol. The molecule has 12 nitrogen and oxygen atoms in total. The number of allylic oxidation sites excluding steroid dienone is 2. The molecule has 1 aliphatic heterocycles. The summed E-state index contributed by atoms with van der Waals surface area (Å²) < 4.78 is 10.2. The normalized spacial score (nSPS) is 21.5. The maximum atomic E-state index is 13.0. The Morgan fingerprint density at radius 1 is 0.717 bits per heavy atom. The lowest BCUT2D eigenvalue weighted by molar-refractivity contribution is -0.137. The molecule has 0 saturated carbocycles. The number of carbonyl (C=O) groups is 2. The van der Waals surface area contributed by atoms with Gasteiger partial charge < -0.3 is 40.5 Å². The van der Waals surface area contributed by atoms with E-state index in [-0.39, 0.29) is 30.2 Å². The summed E-state index contributed by atoms with van der Waals surface area (Å²) in [7, 11) is 1.57. The van der Waals surface area contributed by atoms with E-state index in [9.17, 15) is 30.0 Å². The van der Waals surface area contributed by atoms with Crippen molar-refractivity contribution < 1.29 is 39.5 Å². The molecular formula is C41H76N4O8. The van der Waals surface area contributed by atoms with E-state index in [0.717, 1.165) is 32.1 Å². The minimum atomic E-state index is -1.01. The number of hydrogen-bond donors (Lipinski definition) is 6. The van der Waals surface area contributed by atoms with Crippen LogP contribution in [-0.2, 0) is 19.1 Å². The number of rotatable bonds is 30. The lowest BCUT2D eigenvalue weighted by Gasteiger charge is -2.31. The monoisotopic (exact) mass is 753 g/mol. The predicted molar refractivity (Wildman–Crippen MR) is 212 cm³/mol. The van der Waals surface area contributed by atoms with Gasteiger partial charge in [0.2, 0.25) is 18.1 Å². The Labute approximate surface area is 321 Å². The van der Waals surface area contributed by atoms with Gasteiger partial charge in [-0.25, -0.2) is 0 Å². The van der Waals surface area contributed by atoms with E-state index in [0.29, 0.717) is 70.2 Å². The van der Waals surface area contributed by atoms with E-state index in [1.807, 2.05) is 24.8 Å². The SMILES string of the molecule is C/C=C\OC(O)CN(CCCCC1NC(=O)C(CCCCN(CC(O)C(C)/C=C\OC)CC(O)C(C)/C=C\C(CC)CC(C)CC)NC1=O)CC(C)O. The highest BCUT2D eigenvalue weighted by Crippen LogP contribution is 2.21. The first kappa shape index (κ1) is 48.5. The largest absolute Gasteiger partial charge is 0.505 e. The number of nitrogens with one attached hydrogen (secondary N) is 2. The smallest absolute Gasteiger partial charge is 0.243 e. The van der Waals surface area contributed by atoms with Crippen LogP contribution in [0.15, 0.2) is 36.8 Å². The van der Waals surface area contributed by atoms with Crippen LogP contribution in [0.1, 0.15) is 106 Å². The zero-order valence-corrected chi connectivity index (χ0v) is 34.2. The van der Waals surface area contributed by atoms with Crippen molar-refractivity contribution in [2.45, 2.75) is 143 Å². The molecule has 6 N–H and O–H groups in total. The third-order valence-electron chi connectivity index (χ3n) is 10.2. The summed E-state index contributed by atoms with van der Waals surface area (Å²) >= 11 is 0. The summed E-state index contributed by atoms with van der Waals surface area (Å²) in [4.78, 5) is 29.9. The molecule has 53 heavy (non-hydrogen) atoms. The van der Waals surface area contributed by atoms with Crippen molar-refractivity contribution in [2.75, 3.05) is 46.4 Å². The van der Waals surface area contributed by atoms with Crippen LogP contribution in [0.25, 0.3) is 0 Å². The van der Waals surface area contributed by atoms with Gasteiger partial charge in [-0.05, 0) is 96.2 Å². The molecule has 1 fully saturated rings. The molecule has 308 valence electrons. The highest BCUT2D eigenvalue weighted by molar-refractivity contribution is 5.96. The summed E-state index contributed by atoms with van der Waals surface area (Å²) in [5.41, 5.74) is 0. The van der Waals surface area contributed by atoms with Crippen LogP contribution in [0.3, 0.4) is 0 Å². The molecule has 2 amide bonds. The minimum absolute atomic E-state index is 0.0422. The molecule has 0 aromatic carbocycles. The third-order valence-corrected chi connectivity index (χ3v) is 10.2. The van der Waals surface area contributed by atoms with Crippen molar-refractivity contribution in [3.8, 4) is 0 Å². The number of unbranched alkanes of at least 4 members (excludes halogenated alkanes) is 2. The van der Waals surface area contributed by atoms with Crippen LogP contribution in [-0.4, -0.2) is 125 Å². The van der Waals surface area contributed by atoms with Crippen molar-refractivity contribution in [1.29, 1.82) is 0 Å². The molecule has 10 atom stereocenters. The Hall–Kier alpha value is -2.48. The van der Waals surface area contributed by atoms with Gasteiger partial charge in [0, 0.05) is 31.5 Å². The van der Waals surface area contributed by atoms with Crippen LogP contribution in [0.2, 0.25) is 0 Å². The van der Waals surface area contributed by atoms with Gasteiger partial charge in [0.1, 0.15) is 12.1 Å². The maximum Gasteiger partial charge on any atom is 0.243 e. The summed E-state index contributed by atoms with van der Waals surface area (Å²) in [6, 6.07) is -1.20. The fourth-order valence-corrected chi connectivity index (χ4v) is 6.49. The number of aliphatic hydroxyl groups excluding tert-OH is 4. The Morgan fingerprint density at radius 2 is 1.25 bits per heavy atom. The first-order chi connectivity index (χ1) is 25.2. The van der Waals surface area contributed by atoms with E-state index < -0.39 is 36.7 Å². The number of ether oxygens (including phenoxy) is 2. The van der Waals surface area contributed by atoms with Gasteiger partial charge in [0.25, 0.3) is 0 Å². The minimum Gasteiger partial charge on any atom is -0.505 e. The van der Waals surface area contributed by atoms with Crippen LogP contribution in [0.5, 0.6) is 0 Å². The molecule has 0 aromatic heterocycles. The molecule has 0 radical (unpaired) electrons. The topological polar surface area (TPSA) is 164 Å².